The van der Waals surface area contributed by atoms with Crippen LogP contribution in [0.25, 0.3) is 0 Å². The molecular weight excluding hydrogens is 420 g/mol. The molecule has 2 unspecified atom stereocenters. The third-order valence-electron chi connectivity index (χ3n) is 7.06. The summed E-state index contributed by atoms with van der Waals surface area (Å²) in [4.78, 5) is 10.9. The normalized spacial score (nSPS) is 15.4. The fourth-order valence-electron chi connectivity index (χ4n) is 3.99. The van der Waals surface area contributed by atoms with Crippen molar-refractivity contribution in [2.75, 3.05) is 5.75 Å². The van der Waals surface area contributed by atoms with Crippen LogP contribution in [0.3, 0.4) is 0 Å². The highest BCUT2D eigenvalue weighted by Crippen LogP contribution is 2.35. The SMILES string of the molecule is CCCC(CC)CCSC(C)(C)CC(C)C(C)C.CCCC1CC1.CCCCC(=O)C(C)C. The average Bonchev–Trinajstić information content (AvgIpc) is 3.56. The molecule has 0 radical (unpaired) electrons. The summed E-state index contributed by atoms with van der Waals surface area (Å²) in [6.07, 6.45) is 15.7. The maximum absolute atomic E-state index is 10.9. The molecule has 0 spiro atoms. The van der Waals surface area contributed by atoms with Crippen molar-refractivity contribution in [2.24, 2.45) is 29.6 Å². The maximum atomic E-state index is 10.9. The zero-order valence-electron chi connectivity index (χ0n) is 24.9. The summed E-state index contributed by atoms with van der Waals surface area (Å²) < 4.78 is 0.453. The van der Waals surface area contributed by atoms with Crippen molar-refractivity contribution in [2.45, 2.75) is 158 Å². The van der Waals surface area contributed by atoms with Gasteiger partial charge in [-0.2, -0.15) is 11.8 Å². The second-order valence-corrected chi connectivity index (χ2v) is 13.6. The number of ketones is 1. The molecule has 0 aliphatic heterocycles. The van der Waals surface area contributed by atoms with Crippen LogP contribution in [0.2, 0.25) is 0 Å². The summed E-state index contributed by atoms with van der Waals surface area (Å²) in [5.41, 5.74) is 0. The highest BCUT2D eigenvalue weighted by atomic mass is 32.2. The van der Waals surface area contributed by atoms with E-state index in [2.05, 4.69) is 74.1 Å². The molecule has 1 aliphatic rings. The van der Waals surface area contributed by atoms with Crippen molar-refractivity contribution < 1.29 is 4.79 Å². The molecule has 0 aromatic carbocycles. The Morgan fingerprint density at radius 1 is 0.909 bits per heavy atom. The molecule has 2 atom stereocenters. The molecule has 0 N–H and O–H groups in total. The minimum Gasteiger partial charge on any atom is -0.299 e. The van der Waals surface area contributed by atoms with Gasteiger partial charge in [0.05, 0.1) is 0 Å². The molecule has 0 heterocycles. The fourth-order valence-corrected chi connectivity index (χ4v) is 5.37. The lowest BCUT2D eigenvalue weighted by atomic mass is 9.89. The molecule has 0 aromatic rings. The van der Waals surface area contributed by atoms with Gasteiger partial charge in [-0.05, 0) is 48.7 Å². The quantitative estimate of drug-likeness (QED) is 0.216. The van der Waals surface area contributed by atoms with Gasteiger partial charge < -0.3 is 0 Å². The maximum Gasteiger partial charge on any atom is 0.135 e. The Hall–Kier alpha value is 0.0200. The van der Waals surface area contributed by atoms with Crippen molar-refractivity contribution >= 4 is 17.5 Å². The third-order valence-corrected chi connectivity index (χ3v) is 8.45. The summed E-state index contributed by atoms with van der Waals surface area (Å²) >= 11 is 2.19. The fraction of sp³-hybridized carbons (Fsp3) is 0.968. The van der Waals surface area contributed by atoms with Crippen LogP contribution in [0.4, 0.5) is 0 Å². The lowest BCUT2D eigenvalue weighted by molar-refractivity contribution is -0.122. The van der Waals surface area contributed by atoms with Gasteiger partial charge in [0.1, 0.15) is 5.78 Å². The van der Waals surface area contributed by atoms with Crippen LogP contribution in [0.5, 0.6) is 0 Å². The first-order valence-electron chi connectivity index (χ1n) is 14.6. The molecule has 2 heteroatoms. The van der Waals surface area contributed by atoms with Crippen LogP contribution >= 0.6 is 11.8 Å². The minimum atomic E-state index is 0.233. The molecule has 1 fully saturated rings. The molecule has 1 rings (SSSR count). The Morgan fingerprint density at radius 2 is 1.52 bits per heavy atom. The Morgan fingerprint density at radius 3 is 1.88 bits per heavy atom. The summed E-state index contributed by atoms with van der Waals surface area (Å²) in [7, 11) is 0. The largest absolute Gasteiger partial charge is 0.299 e. The molecular formula is C31H64OS. The van der Waals surface area contributed by atoms with E-state index in [1.807, 2.05) is 13.8 Å². The predicted octanol–water partition coefficient (Wildman–Crippen LogP) is 11.0. The van der Waals surface area contributed by atoms with Gasteiger partial charge in [-0.3, -0.25) is 4.79 Å². The van der Waals surface area contributed by atoms with Crippen LogP contribution in [0.1, 0.15) is 153 Å². The van der Waals surface area contributed by atoms with Crippen molar-refractivity contribution in [3.05, 3.63) is 0 Å². The van der Waals surface area contributed by atoms with Gasteiger partial charge in [-0.1, -0.05) is 128 Å². The molecule has 0 amide bonds. The van der Waals surface area contributed by atoms with Gasteiger partial charge in [-0.15, -0.1) is 0 Å². The Bertz CT molecular complexity index is 436. The molecule has 1 aliphatic carbocycles. The van der Waals surface area contributed by atoms with Crippen molar-refractivity contribution in [1.29, 1.82) is 0 Å². The van der Waals surface area contributed by atoms with Crippen molar-refractivity contribution in [3.8, 4) is 0 Å². The van der Waals surface area contributed by atoms with Crippen LogP contribution < -0.4 is 0 Å². The standard InChI is InChI=1S/C17H36S.C8H16O.C6H12/c1-8-10-16(9-2)11-12-18-17(6,7)13-15(5)14(3)4;1-4-5-6-8(9)7(2)3;1-2-3-6-4-5-6/h14-16H,8-13H2,1-7H3;7H,4-6H2,1-3H3;6H,2-5H2,1H3. The van der Waals surface area contributed by atoms with E-state index in [0.29, 0.717) is 10.5 Å². The third kappa shape index (κ3) is 23.5. The van der Waals surface area contributed by atoms with E-state index in [1.54, 1.807) is 0 Å². The second kappa shape index (κ2) is 21.3. The van der Waals surface area contributed by atoms with Crippen molar-refractivity contribution in [3.63, 3.8) is 0 Å². The predicted molar refractivity (Wildman–Crippen MR) is 155 cm³/mol. The number of thioether (sulfide) groups is 1. The number of carbonyl (C=O) groups excluding carboxylic acids is 1. The summed E-state index contributed by atoms with van der Waals surface area (Å²) in [5, 5.41) is 0. The molecule has 33 heavy (non-hydrogen) atoms. The van der Waals surface area contributed by atoms with Crippen LogP contribution in [-0.2, 0) is 4.79 Å². The first-order chi connectivity index (χ1) is 15.4. The van der Waals surface area contributed by atoms with Crippen LogP contribution in [0.15, 0.2) is 0 Å². The lowest BCUT2D eigenvalue weighted by Crippen LogP contribution is -2.22. The van der Waals surface area contributed by atoms with Gasteiger partial charge >= 0.3 is 0 Å². The van der Waals surface area contributed by atoms with E-state index in [9.17, 15) is 4.79 Å². The lowest BCUT2D eigenvalue weighted by Gasteiger charge is -2.30. The number of rotatable bonds is 16. The number of carbonyl (C=O) groups is 1. The van der Waals surface area contributed by atoms with Crippen LogP contribution in [0, 0.1) is 29.6 Å². The number of unbranched alkanes of at least 4 members (excludes halogenated alkanes) is 1. The number of hydrogen-bond acceptors (Lipinski definition) is 2. The minimum absolute atomic E-state index is 0.233. The second-order valence-electron chi connectivity index (χ2n) is 11.8. The first-order valence-corrected chi connectivity index (χ1v) is 15.6. The summed E-state index contributed by atoms with van der Waals surface area (Å²) in [5.74, 6) is 5.73. The molecule has 1 saturated carbocycles. The van der Waals surface area contributed by atoms with Gasteiger partial charge in [0, 0.05) is 17.1 Å². The number of Topliss-reactive ketones (excluding diaryl/α,β-unsaturated/α-hetero) is 1. The van der Waals surface area contributed by atoms with E-state index in [0.717, 1.165) is 42.9 Å². The van der Waals surface area contributed by atoms with Gasteiger partial charge in [0.15, 0.2) is 0 Å². The molecule has 0 bridgehead atoms. The molecule has 0 aromatic heterocycles. The van der Waals surface area contributed by atoms with Gasteiger partial charge in [0.25, 0.3) is 0 Å². The zero-order chi connectivity index (χ0) is 25.9. The summed E-state index contributed by atoms with van der Waals surface area (Å²) in [6.45, 7) is 24.9. The molecule has 200 valence electrons. The zero-order valence-corrected chi connectivity index (χ0v) is 25.7. The van der Waals surface area contributed by atoms with E-state index < -0.39 is 0 Å². The van der Waals surface area contributed by atoms with E-state index >= 15 is 0 Å². The Labute approximate surface area is 215 Å². The first kappa shape index (κ1) is 35.2. The highest BCUT2D eigenvalue weighted by Gasteiger charge is 2.23. The Balaban J connectivity index is 0. The van der Waals surface area contributed by atoms with E-state index in [-0.39, 0.29) is 5.92 Å². The topological polar surface area (TPSA) is 17.1 Å². The highest BCUT2D eigenvalue weighted by molar-refractivity contribution is 8.00. The smallest absolute Gasteiger partial charge is 0.135 e. The van der Waals surface area contributed by atoms with Gasteiger partial charge in [0.2, 0.25) is 0 Å². The van der Waals surface area contributed by atoms with Crippen LogP contribution in [-0.4, -0.2) is 16.3 Å². The monoisotopic (exact) mass is 484 g/mol. The average molecular weight is 485 g/mol. The van der Waals surface area contributed by atoms with Crippen molar-refractivity contribution in [1.82, 2.24) is 0 Å². The van der Waals surface area contributed by atoms with Gasteiger partial charge in [-0.25, -0.2) is 0 Å². The number of hydrogen-bond donors (Lipinski definition) is 0. The molecule has 1 nitrogen and oxygen atoms in total. The molecule has 0 saturated heterocycles. The summed E-state index contributed by atoms with van der Waals surface area (Å²) in [6, 6.07) is 0. The van der Waals surface area contributed by atoms with E-state index in [4.69, 9.17) is 0 Å². The van der Waals surface area contributed by atoms with E-state index in [1.165, 1.54) is 63.5 Å². The Kier molecular flexibility index (Phi) is 22.7.